The fourth-order valence-electron chi connectivity index (χ4n) is 3.25. The van der Waals surface area contributed by atoms with Crippen molar-refractivity contribution in [3.05, 3.63) is 29.3 Å². The van der Waals surface area contributed by atoms with Crippen LogP contribution in [0.2, 0.25) is 0 Å². The van der Waals surface area contributed by atoms with E-state index < -0.39 is 0 Å². The maximum Gasteiger partial charge on any atom is 0.191 e. The molecule has 2 N–H and O–H groups in total. The lowest BCUT2D eigenvalue weighted by Gasteiger charge is -2.41. The Labute approximate surface area is 175 Å². The van der Waals surface area contributed by atoms with Crippen LogP contribution in [0.3, 0.4) is 0 Å². The van der Waals surface area contributed by atoms with E-state index in [0.717, 1.165) is 56.7 Å². The van der Waals surface area contributed by atoms with Gasteiger partial charge >= 0.3 is 0 Å². The minimum Gasteiger partial charge on any atom is -0.491 e. The van der Waals surface area contributed by atoms with Gasteiger partial charge < -0.3 is 24.8 Å². The van der Waals surface area contributed by atoms with Gasteiger partial charge in [-0.1, -0.05) is 12.1 Å². The lowest BCUT2D eigenvalue weighted by molar-refractivity contribution is -0.00834. The first-order valence-electron chi connectivity index (χ1n) is 10.5. The summed E-state index contributed by atoms with van der Waals surface area (Å²) >= 11 is 0. The number of guanidine groups is 1. The first-order chi connectivity index (χ1) is 14.0. The van der Waals surface area contributed by atoms with Gasteiger partial charge in [-0.3, -0.25) is 4.90 Å². The molecule has 1 aliphatic rings. The third-order valence-corrected chi connectivity index (χ3v) is 5.08. The van der Waals surface area contributed by atoms with Crippen molar-refractivity contribution in [2.75, 3.05) is 59.7 Å². The molecule has 0 atom stereocenters. The smallest absolute Gasteiger partial charge is 0.191 e. The number of nitrogens with zero attached hydrogens (tertiary/aromatic N) is 2. The van der Waals surface area contributed by atoms with Crippen molar-refractivity contribution in [1.82, 2.24) is 15.5 Å². The van der Waals surface area contributed by atoms with Gasteiger partial charge in [0, 0.05) is 44.4 Å². The van der Waals surface area contributed by atoms with E-state index in [-0.39, 0.29) is 5.54 Å². The summed E-state index contributed by atoms with van der Waals surface area (Å²) in [7, 11) is 1.68. The second-order valence-electron chi connectivity index (χ2n) is 7.91. The van der Waals surface area contributed by atoms with Crippen molar-refractivity contribution in [3.63, 3.8) is 0 Å². The molecule has 0 saturated carbocycles. The largest absolute Gasteiger partial charge is 0.491 e. The zero-order valence-electron chi connectivity index (χ0n) is 18.7. The highest BCUT2D eigenvalue weighted by Gasteiger charge is 2.28. The highest BCUT2D eigenvalue weighted by molar-refractivity contribution is 5.79. The van der Waals surface area contributed by atoms with Crippen LogP contribution in [0.25, 0.3) is 0 Å². The van der Waals surface area contributed by atoms with Crippen molar-refractivity contribution in [3.8, 4) is 5.75 Å². The quantitative estimate of drug-likeness (QED) is 0.353. The number of hydrogen-bond donors (Lipinski definition) is 2. The summed E-state index contributed by atoms with van der Waals surface area (Å²) in [6.07, 6.45) is 0. The molecule has 0 radical (unpaired) electrons. The highest BCUT2D eigenvalue weighted by Crippen LogP contribution is 2.21. The number of hydrogen-bond acceptors (Lipinski definition) is 5. The number of aryl methyl sites for hydroxylation is 1. The van der Waals surface area contributed by atoms with Crippen LogP contribution < -0.4 is 15.4 Å². The lowest BCUT2D eigenvalue weighted by Crippen LogP contribution is -2.56. The van der Waals surface area contributed by atoms with Crippen molar-refractivity contribution in [2.24, 2.45) is 4.99 Å². The molecule has 1 saturated heterocycles. The molecule has 7 nitrogen and oxygen atoms in total. The summed E-state index contributed by atoms with van der Waals surface area (Å²) in [5.41, 5.74) is 2.26. The number of methoxy groups -OCH3 is 1. The molecule has 1 aliphatic heterocycles. The van der Waals surface area contributed by atoms with Gasteiger partial charge in [-0.05, 0) is 39.3 Å². The van der Waals surface area contributed by atoms with Crippen molar-refractivity contribution >= 4 is 5.96 Å². The van der Waals surface area contributed by atoms with Crippen LogP contribution in [0.4, 0.5) is 0 Å². The molecular formula is C22H38N4O3. The molecule has 0 bridgehead atoms. The molecule has 1 aromatic carbocycles. The summed E-state index contributed by atoms with van der Waals surface area (Å²) in [4.78, 5) is 7.26. The molecule has 0 unspecified atom stereocenters. The van der Waals surface area contributed by atoms with E-state index in [2.05, 4.69) is 61.4 Å². The van der Waals surface area contributed by atoms with Gasteiger partial charge in [0.1, 0.15) is 12.4 Å². The molecule has 1 fully saturated rings. The third-order valence-electron chi connectivity index (χ3n) is 5.08. The minimum absolute atomic E-state index is 0.0260. The molecule has 1 heterocycles. The standard InChI is InChI=1S/C22H38N4O3/c1-6-23-21(25-17-22(3,4)26-9-11-28-12-10-26)24-16-19-8-7-18(2)15-20(19)29-14-13-27-5/h7-8,15H,6,9-14,16-17H2,1-5H3,(H2,23,24,25). The fourth-order valence-corrected chi connectivity index (χ4v) is 3.25. The Kier molecular flexibility index (Phi) is 9.70. The van der Waals surface area contributed by atoms with Gasteiger partial charge in [0.15, 0.2) is 5.96 Å². The summed E-state index contributed by atoms with van der Waals surface area (Å²) in [6.45, 7) is 15.5. The van der Waals surface area contributed by atoms with Crippen LogP contribution >= 0.6 is 0 Å². The predicted molar refractivity (Wildman–Crippen MR) is 118 cm³/mol. The Hall–Kier alpha value is -1.83. The summed E-state index contributed by atoms with van der Waals surface area (Å²) < 4.78 is 16.5. The summed E-state index contributed by atoms with van der Waals surface area (Å²) in [6, 6.07) is 6.24. The Morgan fingerprint density at radius 3 is 2.66 bits per heavy atom. The number of ether oxygens (including phenoxy) is 3. The van der Waals surface area contributed by atoms with Gasteiger partial charge in [-0.15, -0.1) is 0 Å². The van der Waals surface area contributed by atoms with E-state index in [9.17, 15) is 0 Å². The maximum atomic E-state index is 5.89. The lowest BCUT2D eigenvalue weighted by atomic mass is 10.0. The average molecular weight is 407 g/mol. The monoisotopic (exact) mass is 406 g/mol. The normalized spacial score (nSPS) is 16.0. The minimum atomic E-state index is 0.0260. The Morgan fingerprint density at radius 2 is 1.97 bits per heavy atom. The molecule has 0 aliphatic carbocycles. The van der Waals surface area contributed by atoms with Gasteiger partial charge in [-0.25, -0.2) is 4.99 Å². The molecule has 0 amide bonds. The third kappa shape index (κ3) is 7.84. The van der Waals surface area contributed by atoms with E-state index in [1.807, 2.05) is 0 Å². The van der Waals surface area contributed by atoms with Gasteiger partial charge in [0.25, 0.3) is 0 Å². The second-order valence-corrected chi connectivity index (χ2v) is 7.91. The van der Waals surface area contributed by atoms with Gasteiger partial charge in [0.05, 0.1) is 26.4 Å². The molecule has 2 rings (SSSR count). The molecular weight excluding hydrogens is 368 g/mol. The summed E-state index contributed by atoms with van der Waals surface area (Å²) in [5, 5.41) is 6.85. The molecule has 1 aromatic rings. The van der Waals surface area contributed by atoms with Crippen molar-refractivity contribution < 1.29 is 14.2 Å². The number of morpholine rings is 1. The van der Waals surface area contributed by atoms with E-state index in [4.69, 9.17) is 19.2 Å². The SMILES string of the molecule is CCNC(=NCc1ccc(C)cc1OCCOC)NCC(C)(C)N1CCOCC1. The van der Waals surface area contributed by atoms with E-state index in [1.165, 1.54) is 5.56 Å². The molecule has 164 valence electrons. The summed E-state index contributed by atoms with van der Waals surface area (Å²) in [5.74, 6) is 1.69. The maximum absolute atomic E-state index is 5.89. The Balaban J connectivity index is 2.01. The fraction of sp³-hybridized carbons (Fsp3) is 0.682. The van der Waals surface area contributed by atoms with E-state index in [0.29, 0.717) is 19.8 Å². The highest BCUT2D eigenvalue weighted by atomic mass is 16.5. The first kappa shape index (κ1) is 23.4. The van der Waals surface area contributed by atoms with Crippen LogP contribution in [-0.4, -0.2) is 76.1 Å². The van der Waals surface area contributed by atoms with Crippen molar-refractivity contribution in [2.45, 2.75) is 39.8 Å². The second kappa shape index (κ2) is 12.0. The van der Waals surface area contributed by atoms with Crippen LogP contribution in [0.5, 0.6) is 5.75 Å². The predicted octanol–water partition coefficient (Wildman–Crippen LogP) is 2.19. The molecule has 29 heavy (non-hydrogen) atoms. The first-order valence-corrected chi connectivity index (χ1v) is 10.5. The Bertz CT molecular complexity index is 643. The van der Waals surface area contributed by atoms with E-state index in [1.54, 1.807) is 7.11 Å². The number of benzene rings is 1. The Morgan fingerprint density at radius 1 is 1.21 bits per heavy atom. The number of nitrogens with one attached hydrogen (secondary N) is 2. The number of aliphatic imine (C=N–C) groups is 1. The zero-order valence-corrected chi connectivity index (χ0v) is 18.7. The molecule has 0 aromatic heterocycles. The van der Waals surface area contributed by atoms with E-state index >= 15 is 0 Å². The topological polar surface area (TPSA) is 67.4 Å². The molecule has 0 spiro atoms. The van der Waals surface area contributed by atoms with Gasteiger partial charge in [-0.2, -0.15) is 0 Å². The van der Waals surface area contributed by atoms with Crippen LogP contribution in [-0.2, 0) is 16.0 Å². The van der Waals surface area contributed by atoms with Crippen molar-refractivity contribution in [1.29, 1.82) is 0 Å². The zero-order chi connectivity index (χ0) is 21.1. The van der Waals surface area contributed by atoms with Crippen LogP contribution in [0, 0.1) is 6.92 Å². The van der Waals surface area contributed by atoms with Gasteiger partial charge in [0.2, 0.25) is 0 Å². The number of rotatable bonds is 10. The molecule has 7 heteroatoms. The van der Waals surface area contributed by atoms with Crippen LogP contribution in [0.15, 0.2) is 23.2 Å². The van der Waals surface area contributed by atoms with Crippen LogP contribution in [0.1, 0.15) is 31.9 Å². The average Bonchev–Trinajstić information content (AvgIpc) is 2.72.